The summed E-state index contributed by atoms with van der Waals surface area (Å²) in [4.78, 5) is 11.8. The van der Waals surface area contributed by atoms with Gasteiger partial charge in [-0.2, -0.15) is 13.2 Å². The maximum absolute atomic E-state index is 12.6. The fourth-order valence-electron chi connectivity index (χ4n) is 1.71. The fraction of sp³-hybridized carbons (Fsp3) is 0.154. The van der Waals surface area contributed by atoms with Gasteiger partial charge in [0.15, 0.2) is 0 Å². The van der Waals surface area contributed by atoms with Crippen LogP contribution in [0, 0.1) is 0 Å². The Kier molecular flexibility index (Phi) is 3.33. The number of methoxy groups -OCH3 is 1. The molecule has 2 rings (SSSR count). The molecule has 1 aromatic carbocycles. The van der Waals surface area contributed by atoms with Crippen LogP contribution >= 0.6 is 0 Å². The highest BCUT2D eigenvalue weighted by Gasteiger charge is 2.30. The van der Waals surface area contributed by atoms with Crippen LogP contribution in [0.4, 0.5) is 13.2 Å². The molecule has 0 fully saturated rings. The number of alkyl halides is 3. The molecule has 0 saturated carbocycles. The molecule has 1 heterocycles. The number of aromatic nitrogens is 1. The molecule has 0 saturated heterocycles. The molecule has 0 amide bonds. The Morgan fingerprint density at radius 2 is 1.79 bits per heavy atom. The van der Waals surface area contributed by atoms with Crippen LogP contribution < -0.4 is 10.3 Å². The molecule has 6 heteroatoms. The summed E-state index contributed by atoms with van der Waals surface area (Å²) in [5.74, 6) is 0.173. The number of halogens is 3. The molecule has 19 heavy (non-hydrogen) atoms. The van der Waals surface area contributed by atoms with Crippen molar-refractivity contribution in [2.75, 3.05) is 7.11 Å². The zero-order valence-corrected chi connectivity index (χ0v) is 9.94. The molecule has 2 aromatic rings. The monoisotopic (exact) mass is 269 g/mol. The normalized spacial score (nSPS) is 11.4. The molecule has 0 radical (unpaired) electrons. The van der Waals surface area contributed by atoms with Crippen LogP contribution in [0.5, 0.6) is 5.88 Å². The lowest BCUT2D eigenvalue weighted by Crippen LogP contribution is -2.19. The first kappa shape index (κ1) is 13.2. The molecular weight excluding hydrogens is 259 g/mol. The summed E-state index contributed by atoms with van der Waals surface area (Å²) in [5.41, 5.74) is -1.17. The maximum Gasteiger partial charge on any atom is 0.416 e. The Balaban J connectivity index is 2.64. The van der Waals surface area contributed by atoms with Gasteiger partial charge in [-0.05, 0) is 24.3 Å². The Hall–Kier alpha value is -2.24. The van der Waals surface area contributed by atoms with E-state index in [1.165, 1.54) is 37.4 Å². The van der Waals surface area contributed by atoms with Gasteiger partial charge in [0, 0.05) is 6.07 Å². The van der Waals surface area contributed by atoms with E-state index >= 15 is 0 Å². The van der Waals surface area contributed by atoms with E-state index in [9.17, 15) is 18.0 Å². The van der Waals surface area contributed by atoms with Crippen molar-refractivity contribution in [3.05, 3.63) is 58.4 Å². The van der Waals surface area contributed by atoms with Crippen LogP contribution in [-0.2, 0) is 6.18 Å². The van der Waals surface area contributed by atoms with E-state index in [1.54, 1.807) is 0 Å². The molecular formula is C13H10F3NO2. The van der Waals surface area contributed by atoms with Gasteiger partial charge in [0.2, 0.25) is 5.88 Å². The van der Waals surface area contributed by atoms with Gasteiger partial charge >= 0.3 is 6.18 Å². The average Bonchev–Trinajstić information content (AvgIpc) is 2.37. The molecule has 0 spiro atoms. The third-order valence-corrected chi connectivity index (χ3v) is 2.56. The lowest BCUT2D eigenvalue weighted by atomic mass is 10.2. The van der Waals surface area contributed by atoms with Gasteiger partial charge in [0.25, 0.3) is 5.56 Å². The fourth-order valence-corrected chi connectivity index (χ4v) is 1.71. The Morgan fingerprint density at radius 3 is 2.42 bits per heavy atom. The highest BCUT2D eigenvalue weighted by atomic mass is 19.4. The average molecular weight is 269 g/mol. The highest BCUT2D eigenvalue weighted by molar-refractivity contribution is 5.40. The van der Waals surface area contributed by atoms with Gasteiger partial charge in [-0.1, -0.05) is 12.1 Å². The Labute approximate surface area is 106 Å². The molecule has 100 valence electrons. The van der Waals surface area contributed by atoms with E-state index in [4.69, 9.17) is 4.74 Å². The van der Waals surface area contributed by atoms with Crippen molar-refractivity contribution in [1.82, 2.24) is 4.57 Å². The number of ether oxygens (including phenoxy) is 1. The first-order chi connectivity index (χ1) is 8.93. The van der Waals surface area contributed by atoms with Gasteiger partial charge < -0.3 is 4.74 Å². The minimum absolute atomic E-state index is 0.109. The van der Waals surface area contributed by atoms with Crippen molar-refractivity contribution in [1.29, 1.82) is 0 Å². The molecule has 0 aliphatic heterocycles. The standard InChI is InChI=1S/C13H10F3NO2/c1-19-12-7-3-6-11(18)17(12)10-5-2-4-9(8-10)13(14,15)16/h2-8H,1H3. The molecule has 1 aromatic heterocycles. The molecule has 0 atom stereocenters. The number of rotatable bonds is 2. The van der Waals surface area contributed by atoms with E-state index in [-0.39, 0.29) is 11.6 Å². The molecule has 0 bridgehead atoms. The zero-order valence-electron chi connectivity index (χ0n) is 9.94. The summed E-state index contributed by atoms with van der Waals surface area (Å²) in [7, 11) is 1.35. The van der Waals surface area contributed by atoms with Gasteiger partial charge in [-0.25, -0.2) is 4.57 Å². The molecule has 3 nitrogen and oxygen atoms in total. The van der Waals surface area contributed by atoms with Crippen LogP contribution in [0.25, 0.3) is 5.69 Å². The topological polar surface area (TPSA) is 31.2 Å². The van der Waals surface area contributed by atoms with Crippen molar-refractivity contribution in [3.8, 4) is 11.6 Å². The van der Waals surface area contributed by atoms with Gasteiger partial charge in [0.1, 0.15) is 0 Å². The number of benzene rings is 1. The van der Waals surface area contributed by atoms with Crippen LogP contribution in [0.2, 0.25) is 0 Å². The summed E-state index contributed by atoms with van der Waals surface area (Å²) >= 11 is 0. The van der Waals surface area contributed by atoms with E-state index in [1.807, 2.05) is 0 Å². The third kappa shape index (κ3) is 2.62. The largest absolute Gasteiger partial charge is 0.482 e. The summed E-state index contributed by atoms with van der Waals surface area (Å²) < 4.78 is 44.0. The van der Waals surface area contributed by atoms with Crippen molar-refractivity contribution in [3.63, 3.8) is 0 Å². The number of pyridine rings is 1. The van der Waals surface area contributed by atoms with Gasteiger partial charge in [-0.15, -0.1) is 0 Å². The number of hydrogen-bond donors (Lipinski definition) is 0. The lowest BCUT2D eigenvalue weighted by Gasteiger charge is -2.13. The van der Waals surface area contributed by atoms with Crippen LogP contribution in [0.15, 0.2) is 47.3 Å². The molecule has 0 unspecified atom stereocenters. The highest BCUT2D eigenvalue weighted by Crippen LogP contribution is 2.30. The lowest BCUT2D eigenvalue weighted by molar-refractivity contribution is -0.137. The van der Waals surface area contributed by atoms with Crippen molar-refractivity contribution in [2.24, 2.45) is 0 Å². The predicted octanol–water partition coefficient (Wildman–Crippen LogP) is 2.86. The Bertz CT molecular complexity index is 647. The second-order valence-electron chi connectivity index (χ2n) is 3.79. The zero-order chi connectivity index (χ0) is 14.0. The third-order valence-electron chi connectivity index (χ3n) is 2.56. The Morgan fingerprint density at radius 1 is 1.11 bits per heavy atom. The summed E-state index contributed by atoms with van der Waals surface area (Å²) in [6.45, 7) is 0. The van der Waals surface area contributed by atoms with E-state index in [0.29, 0.717) is 0 Å². The first-order valence-corrected chi connectivity index (χ1v) is 5.37. The van der Waals surface area contributed by atoms with Crippen LogP contribution in [0.3, 0.4) is 0 Å². The first-order valence-electron chi connectivity index (χ1n) is 5.37. The molecule has 0 N–H and O–H groups in total. The summed E-state index contributed by atoms with van der Waals surface area (Å²) in [5, 5.41) is 0. The van der Waals surface area contributed by atoms with E-state index in [0.717, 1.165) is 16.7 Å². The number of hydrogen-bond acceptors (Lipinski definition) is 2. The number of nitrogens with zero attached hydrogens (tertiary/aromatic N) is 1. The molecule has 0 aliphatic carbocycles. The summed E-state index contributed by atoms with van der Waals surface area (Å²) in [6.07, 6.45) is -4.46. The predicted molar refractivity (Wildman–Crippen MR) is 63.6 cm³/mol. The van der Waals surface area contributed by atoms with Crippen molar-refractivity contribution >= 4 is 0 Å². The quantitative estimate of drug-likeness (QED) is 0.839. The minimum Gasteiger partial charge on any atom is -0.482 e. The van der Waals surface area contributed by atoms with Crippen molar-refractivity contribution < 1.29 is 17.9 Å². The summed E-state index contributed by atoms with van der Waals surface area (Å²) in [6, 6.07) is 8.75. The van der Waals surface area contributed by atoms with Gasteiger partial charge in [0.05, 0.1) is 18.4 Å². The molecule has 0 aliphatic rings. The second-order valence-corrected chi connectivity index (χ2v) is 3.79. The van der Waals surface area contributed by atoms with Crippen LogP contribution in [0.1, 0.15) is 5.56 Å². The minimum atomic E-state index is -4.46. The van der Waals surface area contributed by atoms with Gasteiger partial charge in [-0.3, -0.25) is 4.79 Å². The second kappa shape index (κ2) is 4.79. The SMILES string of the molecule is COc1cccc(=O)n1-c1cccc(C(F)(F)F)c1. The smallest absolute Gasteiger partial charge is 0.416 e. The van der Waals surface area contributed by atoms with E-state index < -0.39 is 17.3 Å². The van der Waals surface area contributed by atoms with Crippen LogP contribution in [-0.4, -0.2) is 11.7 Å². The maximum atomic E-state index is 12.6. The van der Waals surface area contributed by atoms with Crippen molar-refractivity contribution in [2.45, 2.75) is 6.18 Å². The van der Waals surface area contributed by atoms with E-state index in [2.05, 4.69) is 0 Å².